The van der Waals surface area contributed by atoms with E-state index in [0.717, 1.165) is 5.69 Å². The number of anilines is 1. The maximum Gasteiger partial charge on any atom is 0.250 e. The summed E-state index contributed by atoms with van der Waals surface area (Å²) in [5.41, 5.74) is 7.32. The van der Waals surface area contributed by atoms with Gasteiger partial charge >= 0.3 is 0 Å². The third kappa shape index (κ3) is 2.47. The van der Waals surface area contributed by atoms with Crippen molar-refractivity contribution in [1.82, 2.24) is 9.88 Å². The summed E-state index contributed by atoms with van der Waals surface area (Å²) in [6.45, 7) is 1.51. The third-order valence-electron chi connectivity index (χ3n) is 2.84. The van der Waals surface area contributed by atoms with Gasteiger partial charge in [0.2, 0.25) is 0 Å². The lowest BCUT2D eigenvalue weighted by Gasteiger charge is -2.31. The third-order valence-corrected chi connectivity index (χ3v) is 2.84. The van der Waals surface area contributed by atoms with Crippen LogP contribution < -0.4 is 5.73 Å². The highest BCUT2D eigenvalue weighted by molar-refractivity contribution is 5.42. The van der Waals surface area contributed by atoms with Gasteiger partial charge in [0.15, 0.2) is 0 Å². The minimum atomic E-state index is -2.47. The Hall–Kier alpha value is -1.10. The number of H-pyrrole nitrogens is 1. The predicted molar refractivity (Wildman–Crippen MR) is 54.7 cm³/mol. The Kier molecular flexibility index (Phi) is 2.65. The molecule has 3 nitrogen and oxygen atoms in total. The molecule has 2 rings (SSSR count). The van der Waals surface area contributed by atoms with E-state index in [2.05, 4.69) is 4.98 Å². The lowest BCUT2D eigenvalue weighted by atomic mass is 10.1. The molecule has 1 aliphatic rings. The Labute approximate surface area is 87.3 Å². The summed E-state index contributed by atoms with van der Waals surface area (Å²) in [5, 5.41) is 0. The van der Waals surface area contributed by atoms with Crippen molar-refractivity contribution >= 4 is 5.69 Å². The molecule has 1 fully saturated rings. The molecule has 2 heterocycles. The van der Waals surface area contributed by atoms with Crippen LogP contribution >= 0.6 is 0 Å². The van der Waals surface area contributed by atoms with E-state index in [9.17, 15) is 8.78 Å². The largest absolute Gasteiger partial charge is 0.397 e. The van der Waals surface area contributed by atoms with Crippen LogP contribution in [0.1, 0.15) is 18.5 Å². The molecule has 0 aliphatic carbocycles. The van der Waals surface area contributed by atoms with Gasteiger partial charge < -0.3 is 10.7 Å². The fraction of sp³-hybridized carbons (Fsp3) is 0.600. The smallest absolute Gasteiger partial charge is 0.250 e. The molecule has 15 heavy (non-hydrogen) atoms. The van der Waals surface area contributed by atoms with Gasteiger partial charge in [0.05, 0.1) is 11.4 Å². The molecule has 0 amide bonds. The Morgan fingerprint density at radius 2 is 2.07 bits per heavy atom. The maximum absolute atomic E-state index is 12.9. The fourth-order valence-corrected chi connectivity index (χ4v) is 1.81. The molecule has 3 N–H and O–H groups in total. The van der Waals surface area contributed by atoms with Gasteiger partial charge in [-0.15, -0.1) is 0 Å². The zero-order valence-electron chi connectivity index (χ0n) is 8.47. The number of rotatable bonds is 2. The highest BCUT2D eigenvalue weighted by atomic mass is 19.3. The van der Waals surface area contributed by atoms with Crippen molar-refractivity contribution in [3.63, 3.8) is 0 Å². The number of piperidine rings is 1. The van der Waals surface area contributed by atoms with Crippen molar-refractivity contribution in [3.8, 4) is 0 Å². The average molecular weight is 215 g/mol. The number of alkyl halides is 2. The van der Waals surface area contributed by atoms with Crippen molar-refractivity contribution in [2.24, 2.45) is 0 Å². The van der Waals surface area contributed by atoms with Crippen LogP contribution in [-0.2, 0) is 6.54 Å². The van der Waals surface area contributed by atoms with Crippen LogP contribution in [0.3, 0.4) is 0 Å². The molecule has 1 aromatic rings. The van der Waals surface area contributed by atoms with Gasteiger partial charge in [0, 0.05) is 38.7 Å². The lowest BCUT2D eigenvalue weighted by molar-refractivity contribution is -0.0567. The quantitative estimate of drug-likeness (QED) is 0.790. The number of hydrogen-bond donors (Lipinski definition) is 2. The molecule has 0 spiro atoms. The number of nitrogens with zero attached hydrogens (tertiary/aromatic N) is 1. The first-order valence-corrected chi connectivity index (χ1v) is 5.09. The van der Waals surface area contributed by atoms with E-state index in [-0.39, 0.29) is 12.8 Å². The van der Waals surface area contributed by atoms with Gasteiger partial charge in [-0.3, -0.25) is 4.90 Å². The van der Waals surface area contributed by atoms with E-state index in [1.165, 1.54) is 0 Å². The fourth-order valence-electron chi connectivity index (χ4n) is 1.81. The summed E-state index contributed by atoms with van der Waals surface area (Å²) in [5.74, 6) is -2.47. The number of aromatic amines is 1. The summed E-state index contributed by atoms with van der Waals surface area (Å²) in [6, 6.07) is 1.79. The second-order valence-electron chi connectivity index (χ2n) is 4.04. The minimum Gasteiger partial charge on any atom is -0.397 e. The summed E-state index contributed by atoms with van der Waals surface area (Å²) in [4.78, 5) is 5.02. The van der Waals surface area contributed by atoms with Crippen molar-refractivity contribution in [2.75, 3.05) is 18.8 Å². The molecule has 5 heteroatoms. The van der Waals surface area contributed by atoms with Gasteiger partial charge in [0.1, 0.15) is 0 Å². The first-order valence-electron chi connectivity index (χ1n) is 5.09. The standard InChI is InChI=1S/C10H15F2N3/c11-10(12)2-5-15(6-3-10)7-9-8(13)1-4-14-9/h1,4,14H,2-3,5-7,13H2. The lowest BCUT2D eigenvalue weighted by Crippen LogP contribution is -2.39. The first kappa shape index (κ1) is 10.4. The molecule has 0 aromatic carbocycles. The molecular formula is C10H15F2N3. The Morgan fingerprint density at radius 1 is 1.40 bits per heavy atom. The van der Waals surface area contributed by atoms with Crippen molar-refractivity contribution < 1.29 is 8.78 Å². The van der Waals surface area contributed by atoms with Crippen LogP contribution in [0.4, 0.5) is 14.5 Å². The summed E-state index contributed by atoms with van der Waals surface area (Å²) in [7, 11) is 0. The van der Waals surface area contributed by atoms with Crippen LogP contribution in [0.2, 0.25) is 0 Å². The SMILES string of the molecule is Nc1cc[nH]c1CN1CCC(F)(F)CC1. The first-order chi connectivity index (χ1) is 7.07. The Morgan fingerprint density at radius 3 is 2.60 bits per heavy atom. The number of halogens is 2. The van der Waals surface area contributed by atoms with Gasteiger partial charge in [-0.25, -0.2) is 8.78 Å². The molecule has 0 unspecified atom stereocenters. The number of nitrogens with one attached hydrogen (secondary N) is 1. The van der Waals surface area contributed by atoms with E-state index in [1.807, 2.05) is 4.90 Å². The Bertz CT molecular complexity index is 325. The van der Waals surface area contributed by atoms with Crippen LogP contribution in [0.5, 0.6) is 0 Å². The molecule has 0 atom stereocenters. The van der Waals surface area contributed by atoms with Crippen molar-refractivity contribution in [1.29, 1.82) is 0 Å². The molecule has 1 saturated heterocycles. The van der Waals surface area contributed by atoms with E-state index >= 15 is 0 Å². The maximum atomic E-state index is 12.9. The molecule has 0 radical (unpaired) electrons. The van der Waals surface area contributed by atoms with E-state index in [1.54, 1.807) is 12.3 Å². The van der Waals surface area contributed by atoms with Crippen molar-refractivity contribution in [3.05, 3.63) is 18.0 Å². The van der Waals surface area contributed by atoms with Crippen molar-refractivity contribution in [2.45, 2.75) is 25.3 Å². The normalized spacial score (nSPS) is 21.7. The van der Waals surface area contributed by atoms with Crippen LogP contribution in [0.15, 0.2) is 12.3 Å². The predicted octanol–water partition coefficient (Wildman–Crippen LogP) is 1.83. The molecule has 1 aromatic heterocycles. The van der Waals surface area contributed by atoms with E-state index < -0.39 is 5.92 Å². The molecule has 84 valence electrons. The number of nitrogens with two attached hydrogens (primary N) is 1. The van der Waals surface area contributed by atoms with Crippen LogP contribution in [0.25, 0.3) is 0 Å². The van der Waals surface area contributed by atoms with Gasteiger partial charge in [-0.1, -0.05) is 0 Å². The number of hydrogen-bond acceptors (Lipinski definition) is 2. The second-order valence-corrected chi connectivity index (χ2v) is 4.04. The summed E-state index contributed by atoms with van der Waals surface area (Å²) >= 11 is 0. The zero-order chi connectivity index (χ0) is 10.9. The summed E-state index contributed by atoms with van der Waals surface area (Å²) < 4.78 is 25.8. The molecule has 1 aliphatic heterocycles. The number of nitrogen functional groups attached to an aromatic ring is 1. The molecular weight excluding hydrogens is 200 g/mol. The second kappa shape index (κ2) is 3.81. The highest BCUT2D eigenvalue weighted by Gasteiger charge is 2.33. The summed E-state index contributed by atoms with van der Waals surface area (Å²) in [6.07, 6.45) is 1.67. The highest BCUT2D eigenvalue weighted by Crippen LogP contribution is 2.28. The number of aromatic nitrogens is 1. The molecule has 0 saturated carbocycles. The van der Waals surface area contributed by atoms with Gasteiger partial charge in [-0.05, 0) is 6.07 Å². The zero-order valence-corrected chi connectivity index (χ0v) is 8.47. The van der Waals surface area contributed by atoms with Gasteiger partial charge in [0.25, 0.3) is 5.92 Å². The van der Waals surface area contributed by atoms with E-state index in [0.29, 0.717) is 25.3 Å². The monoisotopic (exact) mass is 215 g/mol. The van der Waals surface area contributed by atoms with Crippen LogP contribution in [0, 0.1) is 0 Å². The Balaban J connectivity index is 1.90. The van der Waals surface area contributed by atoms with Gasteiger partial charge in [-0.2, -0.15) is 0 Å². The minimum absolute atomic E-state index is 0.0480. The van der Waals surface area contributed by atoms with Crippen LogP contribution in [-0.4, -0.2) is 28.9 Å². The topological polar surface area (TPSA) is 45.1 Å². The molecule has 0 bridgehead atoms. The van der Waals surface area contributed by atoms with E-state index in [4.69, 9.17) is 5.73 Å². The number of likely N-dealkylation sites (tertiary alicyclic amines) is 1. The average Bonchev–Trinajstić information content (AvgIpc) is 2.56.